The van der Waals surface area contributed by atoms with Gasteiger partial charge in [-0.1, -0.05) is 6.92 Å². The number of hydrogen-bond donors (Lipinski definition) is 2. The Bertz CT molecular complexity index is 718. The average Bonchev–Trinajstić information content (AvgIpc) is 3.39. The summed E-state index contributed by atoms with van der Waals surface area (Å²) in [6.07, 6.45) is 3.32. The minimum absolute atomic E-state index is 0.223. The summed E-state index contributed by atoms with van der Waals surface area (Å²) >= 11 is 0. The zero-order valence-corrected chi connectivity index (χ0v) is 14.3. The quantitative estimate of drug-likeness (QED) is 0.785. The van der Waals surface area contributed by atoms with Gasteiger partial charge in [-0.3, -0.25) is 0 Å². The third kappa shape index (κ3) is 3.93. The lowest BCUT2D eigenvalue weighted by atomic mass is 10.2. The smallest absolute Gasteiger partial charge is 0.225 e. The molecule has 1 aliphatic rings. The highest BCUT2D eigenvalue weighted by molar-refractivity contribution is 5.59. The van der Waals surface area contributed by atoms with E-state index in [0.717, 1.165) is 25.0 Å². The lowest BCUT2D eigenvalue weighted by Crippen LogP contribution is -2.16. The molecule has 2 N–H and O–H groups in total. The van der Waals surface area contributed by atoms with Crippen molar-refractivity contribution >= 4 is 17.5 Å². The van der Waals surface area contributed by atoms with Gasteiger partial charge in [0.1, 0.15) is 5.82 Å². The summed E-state index contributed by atoms with van der Waals surface area (Å²) in [6.45, 7) is 4.21. The zero-order valence-electron chi connectivity index (χ0n) is 14.3. The molecule has 1 aromatic carbocycles. The van der Waals surface area contributed by atoms with Crippen LogP contribution in [0.2, 0.25) is 0 Å². The van der Waals surface area contributed by atoms with Crippen LogP contribution in [-0.2, 0) is 0 Å². The van der Waals surface area contributed by atoms with E-state index in [0.29, 0.717) is 29.4 Å². The summed E-state index contributed by atoms with van der Waals surface area (Å²) in [4.78, 5) is 9.13. The zero-order chi connectivity index (χ0) is 17.1. The molecule has 5 nitrogen and oxygen atoms in total. The molecule has 1 aromatic heterocycles. The highest BCUT2D eigenvalue weighted by Gasteiger charge is 2.26. The van der Waals surface area contributed by atoms with Gasteiger partial charge in [0.15, 0.2) is 11.6 Å². The van der Waals surface area contributed by atoms with E-state index in [1.54, 1.807) is 12.1 Å². The third-order valence-electron chi connectivity index (χ3n) is 4.15. The van der Waals surface area contributed by atoms with Crippen molar-refractivity contribution in [2.24, 2.45) is 0 Å². The van der Waals surface area contributed by atoms with E-state index in [1.807, 2.05) is 6.07 Å². The fraction of sp³-hybridized carbons (Fsp3) is 0.444. The summed E-state index contributed by atoms with van der Waals surface area (Å²) < 4.78 is 18.8. The predicted octanol–water partition coefficient (Wildman–Crippen LogP) is 4.46. The molecule has 0 amide bonds. The normalized spacial score (nSPS) is 15.0. The van der Waals surface area contributed by atoms with Gasteiger partial charge in [0, 0.05) is 29.8 Å². The van der Waals surface area contributed by atoms with Crippen molar-refractivity contribution in [2.75, 3.05) is 17.7 Å². The van der Waals surface area contributed by atoms with Gasteiger partial charge >= 0.3 is 0 Å². The third-order valence-corrected chi connectivity index (χ3v) is 4.15. The number of benzene rings is 1. The van der Waals surface area contributed by atoms with E-state index in [1.165, 1.54) is 13.2 Å². The van der Waals surface area contributed by atoms with Gasteiger partial charge in [-0.25, -0.2) is 9.37 Å². The Morgan fingerprint density at radius 3 is 2.71 bits per heavy atom. The summed E-state index contributed by atoms with van der Waals surface area (Å²) in [6, 6.07) is 7.01. The molecule has 0 aliphatic heterocycles. The van der Waals surface area contributed by atoms with Crippen molar-refractivity contribution in [2.45, 2.75) is 45.1 Å². The molecule has 3 rings (SSSR count). The first-order valence-corrected chi connectivity index (χ1v) is 8.35. The average molecular weight is 330 g/mol. The van der Waals surface area contributed by atoms with Gasteiger partial charge in [-0.2, -0.15) is 4.98 Å². The summed E-state index contributed by atoms with van der Waals surface area (Å²) in [5.41, 5.74) is 1.66. The Morgan fingerprint density at radius 1 is 1.29 bits per heavy atom. The SMILES string of the molecule is CC[C@H](C)Nc1nc(Nc2ccc(OC)c(F)c2)cc(C2CC2)n1. The monoisotopic (exact) mass is 330 g/mol. The van der Waals surface area contributed by atoms with Crippen LogP contribution < -0.4 is 15.4 Å². The van der Waals surface area contributed by atoms with Crippen LogP contribution in [0.1, 0.15) is 44.7 Å². The number of nitrogens with zero attached hydrogens (tertiary/aromatic N) is 2. The molecule has 0 unspecified atom stereocenters. The Balaban J connectivity index is 1.84. The lowest BCUT2D eigenvalue weighted by molar-refractivity contribution is 0.386. The van der Waals surface area contributed by atoms with Gasteiger partial charge in [-0.15, -0.1) is 0 Å². The minimum Gasteiger partial charge on any atom is -0.494 e. The maximum atomic E-state index is 13.9. The molecular weight excluding hydrogens is 307 g/mol. The van der Waals surface area contributed by atoms with Crippen molar-refractivity contribution < 1.29 is 9.13 Å². The van der Waals surface area contributed by atoms with E-state index in [2.05, 4.69) is 34.4 Å². The van der Waals surface area contributed by atoms with Crippen molar-refractivity contribution in [3.8, 4) is 5.75 Å². The van der Waals surface area contributed by atoms with Crippen LogP contribution in [-0.4, -0.2) is 23.1 Å². The number of anilines is 3. The Morgan fingerprint density at radius 2 is 2.08 bits per heavy atom. The van der Waals surface area contributed by atoms with Crippen LogP contribution in [0.25, 0.3) is 0 Å². The van der Waals surface area contributed by atoms with Crippen molar-refractivity contribution in [1.82, 2.24) is 9.97 Å². The molecule has 6 heteroatoms. The minimum atomic E-state index is -0.406. The molecular formula is C18H23FN4O. The molecule has 24 heavy (non-hydrogen) atoms. The van der Waals surface area contributed by atoms with Gasteiger partial charge < -0.3 is 15.4 Å². The molecule has 0 bridgehead atoms. The summed E-state index contributed by atoms with van der Waals surface area (Å²) in [5, 5.41) is 6.48. The molecule has 2 aromatic rings. The number of aromatic nitrogens is 2. The summed E-state index contributed by atoms with van der Waals surface area (Å²) in [5.74, 6) is 1.61. The van der Waals surface area contributed by atoms with Crippen molar-refractivity contribution in [3.05, 3.63) is 35.8 Å². The Kier molecular flexibility index (Phi) is 4.83. The highest BCUT2D eigenvalue weighted by atomic mass is 19.1. The van der Waals surface area contributed by atoms with E-state index >= 15 is 0 Å². The van der Waals surface area contributed by atoms with Crippen LogP contribution in [0.5, 0.6) is 5.75 Å². The first-order chi connectivity index (χ1) is 11.6. The van der Waals surface area contributed by atoms with Gasteiger partial charge in [0.05, 0.1) is 12.8 Å². The van der Waals surface area contributed by atoms with E-state index in [-0.39, 0.29) is 5.75 Å². The number of methoxy groups -OCH3 is 1. The number of halogens is 1. The fourth-order valence-corrected chi connectivity index (χ4v) is 2.40. The number of hydrogen-bond acceptors (Lipinski definition) is 5. The van der Waals surface area contributed by atoms with Crippen molar-refractivity contribution in [1.29, 1.82) is 0 Å². The topological polar surface area (TPSA) is 59.1 Å². The van der Waals surface area contributed by atoms with Gasteiger partial charge in [-0.05, 0) is 38.3 Å². The highest BCUT2D eigenvalue weighted by Crippen LogP contribution is 2.40. The maximum absolute atomic E-state index is 13.9. The molecule has 0 spiro atoms. The second-order valence-electron chi connectivity index (χ2n) is 6.20. The molecule has 1 aliphatic carbocycles. The van der Waals surface area contributed by atoms with Crippen LogP contribution >= 0.6 is 0 Å². The standard InChI is InChI=1S/C18H23FN4O/c1-4-11(2)20-18-22-15(12-5-6-12)10-17(23-18)21-13-7-8-16(24-3)14(19)9-13/h7-12H,4-6H2,1-3H3,(H2,20,21,22,23)/t11-/m0/s1. The first kappa shape index (κ1) is 16.5. The Labute approximate surface area is 141 Å². The predicted molar refractivity (Wildman–Crippen MR) is 93.6 cm³/mol. The van der Waals surface area contributed by atoms with Crippen LogP contribution in [0.3, 0.4) is 0 Å². The lowest BCUT2D eigenvalue weighted by Gasteiger charge is -2.14. The largest absolute Gasteiger partial charge is 0.494 e. The molecule has 1 saturated carbocycles. The Hall–Kier alpha value is -2.37. The fourth-order valence-electron chi connectivity index (χ4n) is 2.40. The molecule has 1 fully saturated rings. The molecule has 0 saturated heterocycles. The number of ether oxygens (including phenoxy) is 1. The second kappa shape index (κ2) is 7.03. The molecule has 1 heterocycles. The van der Waals surface area contributed by atoms with E-state index in [4.69, 9.17) is 4.74 Å². The molecule has 0 radical (unpaired) electrons. The van der Waals surface area contributed by atoms with Crippen LogP contribution in [0.4, 0.5) is 21.8 Å². The molecule has 128 valence electrons. The first-order valence-electron chi connectivity index (χ1n) is 8.35. The van der Waals surface area contributed by atoms with E-state index < -0.39 is 5.82 Å². The maximum Gasteiger partial charge on any atom is 0.225 e. The van der Waals surface area contributed by atoms with Crippen LogP contribution in [0, 0.1) is 5.82 Å². The number of rotatable bonds is 7. The van der Waals surface area contributed by atoms with Crippen molar-refractivity contribution in [3.63, 3.8) is 0 Å². The number of nitrogens with one attached hydrogen (secondary N) is 2. The second-order valence-corrected chi connectivity index (χ2v) is 6.20. The molecule has 1 atom stereocenters. The van der Waals surface area contributed by atoms with Gasteiger partial charge in [0.25, 0.3) is 0 Å². The van der Waals surface area contributed by atoms with Crippen LogP contribution in [0.15, 0.2) is 24.3 Å². The van der Waals surface area contributed by atoms with Gasteiger partial charge in [0.2, 0.25) is 5.95 Å². The summed E-state index contributed by atoms with van der Waals surface area (Å²) in [7, 11) is 1.45. The van der Waals surface area contributed by atoms with E-state index in [9.17, 15) is 4.39 Å².